The number of rotatable bonds is 8. The summed E-state index contributed by atoms with van der Waals surface area (Å²) in [5.74, 6) is 0.281. The van der Waals surface area contributed by atoms with Gasteiger partial charge in [-0.15, -0.1) is 0 Å². The molecule has 0 heterocycles. The lowest BCUT2D eigenvalue weighted by Gasteiger charge is -2.26. The third-order valence-corrected chi connectivity index (χ3v) is 3.37. The van der Waals surface area contributed by atoms with Gasteiger partial charge >= 0.3 is 0 Å². The first-order valence-electron chi connectivity index (χ1n) is 7.24. The molecule has 0 radical (unpaired) electrons. The number of nitrogens with two attached hydrogens (primary N) is 1. The summed E-state index contributed by atoms with van der Waals surface area (Å²) in [4.78, 5) is 4.72. The van der Waals surface area contributed by atoms with E-state index < -0.39 is 0 Å². The minimum Gasteiger partial charge on any atom is -0.389 e. The zero-order chi connectivity index (χ0) is 16.0. The van der Waals surface area contributed by atoms with E-state index in [0.29, 0.717) is 18.0 Å². The Kier molecular flexibility index (Phi) is 7.22. The van der Waals surface area contributed by atoms with Gasteiger partial charge < -0.3 is 10.6 Å². The molecule has 0 atom stereocenters. The molecular formula is C16H26FN3S. The smallest absolute Gasteiger partial charge is 0.124 e. The lowest BCUT2D eigenvalue weighted by Crippen LogP contribution is -2.34. The van der Waals surface area contributed by atoms with Crippen LogP contribution in [0.1, 0.15) is 25.0 Å². The molecule has 0 fully saturated rings. The molecule has 0 aliphatic carbocycles. The summed E-state index contributed by atoms with van der Waals surface area (Å²) in [6, 6.07) is 4.83. The quantitative estimate of drug-likeness (QED) is 0.748. The van der Waals surface area contributed by atoms with Gasteiger partial charge in [0, 0.05) is 31.7 Å². The van der Waals surface area contributed by atoms with Gasteiger partial charge in [-0.1, -0.05) is 26.1 Å². The minimum atomic E-state index is -0.285. The molecule has 0 aromatic heterocycles. The molecule has 0 saturated heterocycles. The van der Waals surface area contributed by atoms with Gasteiger partial charge in [-0.25, -0.2) is 4.39 Å². The van der Waals surface area contributed by atoms with E-state index in [-0.39, 0.29) is 10.8 Å². The van der Waals surface area contributed by atoms with Crippen molar-refractivity contribution < 1.29 is 4.39 Å². The van der Waals surface area contributed by atoms with E-state index in [1.54, 1.807) is 6.07 Å². The van der Waals surface area contributed by atoms with E-state index in [1.807, 2.05) is 6.07 Å². The molecule has 1 rings (SSSR count). The summed E-state index contributed by atoms with van der Waals surface area (Å²) in [5, 5.41) is 0. The van der Waals surface area contributed by atoms with Gasteiger partial charge in [0.05, 0.1) is 0 Å². The lowest BCUT2D eigenvalue weighted by atomic mass is 10.1. The van der Waals surface area contributed by atoms with Crippen LogP contribution in [0.3, 0.4) is 0 Å². The van der Waals surface area contributed by atoms with E-state index in [2.05, 4.69) is 37.7 Å². The molecule has 5 heteroatoms. The van der Waals surface area contributed by atoms with Crippen molar-refractivity contribution in [1.29, 1.82) is 0 Å². The molecule has 0 spiro atoms. The first-order valence-corrected chi connectivity index (χ1v) is 7.65. The van der Waals surface area contributed by atoms with Crippen molar-refractivity contribution >= 4 is 17.2 Å². The second-order valence-electron chi connectivity index (χ2n) is 6.14. The molecule has 1 aromatic carbocycles. The highest BCUT2D eigenvalue weighted by Gasteiger charge is 2.11. The number of nitrogens with zero attached hydrogens (tertiary/aromatic N) is 2. The number of halogens is 1. The fourth-order valence-corrected chi connectivity index (χ4v) is 2.35. The standard InChI is InChI=1S/C16H26FN3S/c1-12(2)10-20(6-5-19(3)4)11-13-7-14(16(18)21)9-15(17)8-13/h7-9,12H,5-6,10-11H2,1-4H3,(H2,18,21). The maximum Gasteiger partial charge on any atom is 0.124 e. The Labute approximate surface area is 132 Å². The van der Waals surface area contributed by atoms with E-state index in [1.165, 1.54) is 6.07 Å². The van der Waals surface area contributed by atoms with Gasteiger partial charge in [0.25, 0.3) is 0 Å². The Morgan fingerprint density at radius 1 is 1.24 bits per heavy atom. The lowest BCUT2D eigenvalue weighted by molar-refractivity contribution is 0.211. The van der Waals surface area contributed by atoms with E-state index in [0.717, 1.165) is 25.2 Å². The normalized spacial score (nSPS) is 11.6. The van der Waals surface area contributed by atoms with Crippen molar-refractivity contribution in [2.24, 2.45) is 11.7 Å². The van der Waals surface area contributed by atoms with Crippen molar-refractivity contribution in [2.75, 3.05) is 33.7 Å². The molecule has 0 bridgehead atoms. The van der Waals surface area contributed by atoms with Crippen LogP contribution in [-0.2, 0) is 6.54 Å². The second kappa shape index (κ2) is 8.41. The summed E-state index contributed by atoms with van der Waals surface area (Å²) < 4.78 is 13.7. The van der Waals surface area contributed by atoms with Crippen LogP contribution in [0.15, 0.2) is 18.2 Å². The van der Waals surface area contributed by atoms with Crippen molar-refractivity contribution in [1.82, 2.24) is 9.80 Å². The predicted molar refractivity (Wildman–Crippen MR) is 91.0 cm³/mol. The summed E-state index contributed by atoms with van der Waals surface area (Å²) in [6.45, 7) is 7.99. The molecular weight excluding hydrogens is 285 g/mol. The topological polar surface area (TPSA) is 32.5 Å². The fourth-order valence-electron chi connectivity index (χ4n) is 2.23. The SMILES string of the molecule is CC(C)CN(CCN(C)C)Cc1cc(F)cc(C(N)=S)c1. The van der Waals surface area contributed by atoms with Gasteiger partial charge in [0.1, 0.15) is 10.8 Å². The van der Waals surface area contributed by atoms with Crippen LogP contribution in [0.25, 0.3) is 0 Å². The average Bonchev–Trinajstić information content (AvgIpc) is 2.34. The van der Waals surface area contributed by atoms with Crippen LogP contribution in [0.2, 0.25) is 0 Å². The third kappa shape index (κ3) is 6.98. The van der Waals surface area contributed by atoms with Crippen molar-refractivity contribution in [3.05, 3.63) is 35.1 Å². The molecule has 21 heavy (non-hydrogen) atoms. The second-order valence-corrected chi connectivity index (χ2v) is 6.58. The number of hydrogen-bond acceptors (Lipinski definition) is 3. The molecule has 0 unspecified atom stereocenters. The minimum absolute atomic E-state index is 0.236. The van der Waals surface area contributed by atoms with Crippen LogP contribution in [-0.4, -0.2) is 48.5 Å². The largest absolute Gasteiger partial charge is 0.389 e. The van der Waals surface area contributed by atoms with E-state index >= 15 is 0 Å². The van der Waals surface area contributed by atoms with E-state index in [9.17, 15) is 4.39 Å². The Hall–Kier alpha value is -1.04. The first-order chi connectivity index (χ1) is 9.77. The zero-order valence-electron chi connectivity index (χ0n) is 13.4. The molecule has 3 nitrogen and oxygen atoms in total. The first kappa shape index (κ1) is 18.0. The monoisotopic (exact) mass is 311 g/mol. The van der Waals surface area contributed by atoms with Crippen LogP contribution >= 0.6 is 12.2 Å². The Bertz CT molecular complexity index is 475. The number of likely N-dealkylation sites (N-methyl/N-ethyl adjacent to an activating group) is 1. The van der Waals surface area contributed by atoms with Gasteiger partial charge in [-0.2, -0.15) is 0 Å². The van der Waals surface area contributed by atoms with Crippen LogP contribution in [0, 0.1) is 11.7 Å². The fraction of sp³-hybridized carbons (Fsp3) is 0.562. The average molecular weight is 311 g/mol. The van der Waals surface area contributed by atoms with Crippen molar-refractivity contribution in [3.63, 3.8) is 0 Å². The molecule has 0 aliphatic rings. The highest BCUT2D eigenvalue weighted by Crippen LogP contribution is 2.13. The number of hydrogen-bond donors (Lipinski definition) is 1. The third-order valence-electron chi connectivity index (χ3n) is 3.14. The maximum atomic E-state index is 13.7. The number of benzene rings is 1. The summed E-state index contributed by atoms with van der Waals surface area (Å²) in [6.07, 6.45) is 0. The Balaban J connectivity index is 2.83. The van der Waals surface area contributed by atoms with Gasteiger partial charge in [0.2, 0.25) is 0 Å². The molecule has 2 N–H and O–H groups in total. The molecule has 118 valence electrons. The Morgan fingerprint density at radius 3 is 2.43 bits per heavy atom. The molecule has 0 saturated carbocycles. The molecule has 0 aliphatic heterocycles. The van der Waals surface area contributed by atoms with Crippen LogP contribution in [0.5, 0.6) is 0 Å². The highest BCUT2D eigenvalue weighted by molar-refractivity contribution is 7.80. The van der Waals surface area contributed by atoms with Gasteiger partial charge in [-0.3, -0.25) is 4.90 Å². The van der Waals surface area contributed by atoms with Crippen LogP contribution in [0.4, 0.5) is 4.39 Å². The van der Waals surface area contributed by atoms with Gasteiger partial charge in [-0.05, 0) is 43.8 Å². The summed E-state index contributed by atoms with van der Waals surface area (Å²) in [5.41, 5.74) is 7.11. The highest BCUT2D eigenvalue weighted by atomic mass is 32.1. The predicted octanol–water partition coefficient (Wildman–Crippen LogP) is 2.48. The molecule has 0 amide bonds. The maximum absolute atomic E-state index is 13.7. The summed E-state index contributed by atoms with van der Waals surface area (Å²) >= 11 is 4.94. The molecule has 1 aromatic rings. The van der Waals surface area contributed by atoms with Crippen molar-refractivity contribution in [2.45, 2.75) is 20.4 Å². The summed E-state index contributed by atoms with van der Waals surface area (Å²) in [7, 11) is 4.11. The number of thiocarbonyl (C=S) groups is 1. The van der Waals surface area contributed by atoms with E-state index in [4.69, 9.17) is 18.0 Å². The van der Waals surface area contributed by atoms with Gasteiger partial charge in [0.15, 0.2) is 0 Å². The van der Waals surface area contributed by atoms with Crippen molar-refractivity contribution in [3.8, 4) is 0 Å². The Morgan fingerprint density at radius 2 is 1.90 bits per heavy atom. The zero-order valence-corrected chi connectivity index (χ0v) is 14.2. The van der Waals surface area contributed by atoms with Crippen LogP contribution < -0.4 is 5.73 Å².